The number of aromatic nitrogens is 3. The van der Waals surface area contributed by atoms with Gasteiger partial charge in [-0.05, 0) is 18.8 Å². The Labute approximate surface area is 114 Å². The number of hydrogen-bond acceptors (Lipinski definition) is 6. The molecule has 4 nitrogen and oxygen atoms in total. The highest BCUT2D eigenvalue weighted by Crippen LogP contribution is 2.47. The molecule has 1 aliphatic rings. The lowest BCUT2D eigenvalue weighted by Crippen LogP contribution is -1.93. The molecule has 6 heteroatoms. The molecule has 0 atom stereocenters. The van der Waals surface area contributed by atoms with E-state index in [1.165, 1.54) is 39.8 Å². The molecule has 18 heavy (non-hydrogen) atoms. The van der Waals surface area contributed by atoms with Crippen LogP contribution in [0.5, 0.6) is 0 Å². The third-order valence-corrected chi connectivity index (χ3v) is 4.88. The van der Waals surface area contributed by atoms with E-state index in [0.29, 0.717) is 17.0 Å². The molecule has 0 aromatic carbocycles. The first kappa shape index (κ1) is 12.0. The predicted molar refractivity (Wildman–Crippen MR) is 75.9 cm³/mol. The lowest BCUT2D eigenvalue weighted by Gasteiger charge is -1.98. The largest absolute Gasteiger partial charge is 0.374 e. The molecule has 0 unspecified atom stereocenters. The van der Waals surface area contributed by atoms with Gasteiger partial charge < -0.3 is 5.73 Å². The van der Waals surface area contributed by atoms with E-state index in [9.17, 15) is 0 Å². The minimum absolute atomic E-state index is 0.533. The van der Waals surface area contributed by atoms with Gasteiger partial charge in [-0.1, -0.05) is 25.2 Å². The lowest BCUT2D eigenvalue weighted by atomic mass is 10.1. The Morgan fingerprint density at radius 1 is 1.28 bits per heavy atom. The average Bonchev–Trinajstić information content (AvgIpc) is 2.93. The second-order valence-electron chi connectivity index (χ2n) is 5.14. The minimum atomic E-state index is 0.533. The molecule has 2 aromatic heterocycles. The Balaban J connectivity index is 1.98. The van der Waals surface area contributed by atoms with E-state index in [4.69, 9.17) is 10.7 Å². The van der Waals surface area contributed by atoms with Crippen LogP contribution in [0.1, 0.15) is 43.3 Å². The first-order chi connectivity index (χ1) is 8.63. The topological polar surface area (TPSA) is 64.7 Å². The minimum Gasteiger partial charge on any atom is -0.374 e. The first-order valence-corrected chi connectivity index (χ1v) is 7.85. The summed E-state index contributed by atoms with van der Waals surface area (Å²) in [4.78, 5) is 6.01. The van der Waals surface area contributed by atoms with Crippen molar-refractivity contribution in [2.45, 2.75) is 39.0 Å². The summed E-state index contributed by atoms with van der Waals surface area (Å²) in [6.07, 6.45) is 3.55. The van der Waals surface area contributed by atoms with E-state index in [0.717, 1.165) is 11.4 Å². The fourth-order valence-corrected chi connectivity index (χ4v) is 3.98. The Bertz CT molecular complexity index is 554. The van der Waals surface area contributed by atoms with Gasteiger partial charge in [0.05, 0.1) is 15.6 Å². The number of nitrogen functional groups attached to an aromatic ring is 1. The second-order valence-corrected chi connectivity index (χ2v) is 7.23. The van der Waals surface area contributed by atoms with Crippen LogP contribution in [0.3, 0.4) is 0 Å². The highest BCUT2D eigenvalue weighted by atomic mass is 32.1. The molecule has 0 bridgehead atoms. The van der Waals surface area contributed by atoms with E-state index < -0.39 is 0 Å². The van der Waals surface area contributed by atoms with Crippen LogP contribution >= 0.6 is 22.7 Å². The number of thiazole rings is 1. The van der Waals surface area contributed by atoms with E-state index in [2.05, 4.69) is 24.0 Å². The highest BCUT2D eigenvalue weighted by molar-refractivity contribution is 7.23. The maximum Gasteiger partial charge on any atom is 0.203 e. The van der Waals surface area contributed by atoms with Gasteiger partial charge in [-0.25, -0.2) is 4.98 Å². The van der Waals surface area contributed by atoms with Crippen LogP contribution in [0.2, 0.25) is 0 Å². The average molecular weight is 280 g/mol. The van der Waals surface area contributed by atoms with Crippen molar-refractivity contribution in [2.75, 3.05) is 5.73 Å². The molecule has 0 spiro atoms. The van der Waals surface area contributed by atoms with E-state index in [1.54, 1.807) is 11.3 Å². The SMILES string of the molecule is CC(C)Cc1nc(C2CC2)c(-c2nnc(N)s2)s1. The number of nitrogens with zero attached hydrogens (tertiary/aromatic N) is 3. The van der Waals surface area contributed by atoms with Crippen molar-refractivity contribution >= 4 is 27.8 Å². The van der Waals surface area contributed by atoms with Gasteiger partial charge in [0.25, 0.3) is 0 Å². The molecule has 0 amide bonds. The third kappa shape index (κ3) is 2.40. The molecular weight excluding hydrogens is 264 g/mol. The van der Waals surface area contributed by atoms with Crippen molar-refractivity contribution in [3.8, 4) is 9.88 Å². The zero-order valence-electron chi connectivity index (χ0n) is 10.5. The summed E-state index contributed by atoms with van der Waals surface area (Å²) in [5.74, 6) is 1.28. The van der Waals surface area contributed by atoms with Gasteiger partial charge in [0, 0.05) is 12.3 Å². The maximum atomic E-state index is 5.67. The predicted octanol–water partition coefficient (Wildman–Crippen LogP) is 3.32. The number of nitrogens with two attached hydrogens (primary N) is 1. The summed E-state index contributed by atoms with van der Waals surface area (Å²) in [6, 6.07) is 0. The monoisotopic (exact) mass is 280 g/mol. The summed E-state index contributed by atoms with van der Waals surface area (Å²) in [6.45, 7) is 4.45. The van der Waals surface area contributed by atoms with Crippen LogP contribution < -0.4 is 5.73 Å². The normalized spacial score (nSPS) is 15.5. The van der Waals surface area contributed by atoms with Crippen molar-refractivity contribution in [3.63, 3.8) is 0 Å². The van der Waals surface area contributed by atoms with Gasteiger partial charge in [0.2, 0.25) is 5.13 Å². The summed E-state index contributed by atoms with van der Waals surface area (Å²) >= 11 is 3.22. The van der Waals surface area contributed by atoms with Crippen molar-refractivity contribution < 1.29 is 0 Å². The van der Waals surface area contributed by atoms with Crippen molar-refractivity contribution in [1.29, 1.82) is 0 Å². The molecule has 0 saturated heterocycles. The number of rotatable bonds is 4. The summed E-state index contributed by atoms with van der Waals surface area (Å²) in [5, 5.41) is 10.8. The van der Waals surface area contributed by atoms with Crippen LogP contribution in [0.4, 0.5) is 5.13 Å². The van der Waals surface area contributed by atoms with E-state index in [1.807, 2.05) is 0 Å². The van der Waals surface area contributed by atoms with Gasteiger partial charge in [0.1, 0.15) is 0 Å². The van der Waals surface area contributed by atoms with Gasteiger partial charge in [-0.15, -0.1) is 21.5 Å². The highest BCUT2D eigenvalue weighted by Gasteiger charge is 2.31. The van der Waals surface area contributed by atoms with E-state index in [-0.39, 0.29) is 0 Å². The summed E-state index contributed by atoms with van der Waals surface area (Å²) < 4.78 is 0. The molecule has 2 aromatic rings. The van der Waals surface area contributed by atoms with Gasteiger partial charge >= 0.3 is 0 Å². The van der Waals surface area contributed by atoms with Crippen LogP contribution in [0.25, 0.3) is 9.88 Å². The van der Waals surface area contributed by atoms with Crippen molar-refractivity contribution in [3.05, 3.63) is 10.7 Å². The second kappa shape index (κ2) is 4.59. The summed E-state index contributed by atoms with van der Waals surface area (Å²) in [5.41, 5.74) is 6.90. The first-order valence-electron chi connectivity index (χ1n) is 6.22. The Hall–Kier alpha value is -1.01. The number of hydrogen-bond donors (Lipinski definition) is 1. The standard InChI is InChI=1S/C12H16N4S2/c1-6(2)5-8-14-9(7-3-4-7)10(17-8)11-15-16-12(13)18-11/h6-7H,3-5H2,1-2H3,(H2,13,16). The molecule has 2 heterocycles. The zero-order chi connectivity index (χ0) is 12.7. The van der Waals surface area contributed by atoms with Crippen LogP contribution in [0.15, 0.2) is 0 Å². The Morgan fingerprint density at radius 2 is 2.06 bits per heavy atom. The Kier molecular flexibility index (Phi) is 3.07. The zero-order valence-corrected chi connectivity index (χ0v) is 12.1. The number of anilines is 1. The fraction of sp³-hybridized carbons (Fsp3) is 0.583. The molecule has 0 aliphatic heterocycles. The lowest BCUT2D eigenvalue weighted by molar-refractivity contribution is 0.643. The fourth-order valence-electron chi connectivity index (χ4n) is 1.93. The van der Waals surface area contributed by atoms with Gasteiger partial charge in [0.15, 0.2) is 5.01 Å². The van der Waals surface area contributed by atoms with Crippen LogP contribution in [0, 0.1) is 5.92 Å². The van der Waals surface area contributed by atoms with Crippen molar-refractivity contribution in [1.82, 2.24) is 15.2 Å². The van der Waals surface area contributed by atoms with Gasteiger partial charge in [-0.2, -0.15) is 0 Å². The molecule has 96 valence electrons. The van der Waals surface area contributed by atoms with E-state index >= 15 is 0 Å². The molecular formula is C12H16N4S2. The Morgan fingerprint density at radius 3 is 2.61 bits per heavy atom. The molecule has 0 radical (unpaired) electrons. The summed E-state index contributed by atoms with van der Waals surface area (Å²) in [7, 11) is 0. The molecule has 1 aliphatic carbocycles. The smallest absolute Gasteiger partial charge is 0.203 e. The van der Waals surface area contributed by atoms with Crippen LogP contribution in [-0.4, -0.2) is 15.2 Å². The van der Waals surface area contributed by atoms with Crippen LogP contribution in [-0.2, 0) is 6.42 Å². The maximum absolute atomic E-state index is 5.67. The molecule has 1 saturated carbocycles. The van der Waals surface area contributed by atoms with Gasteiger partial charge in [-0.3, -0.25) is 0 Å². The molecule has 3 rings (SSSR count). The van der Waals surface area contributed by atoms with Crippen molar-refractivity contribution in [2.24, 2.45) is 5.92 Å². The molecule has 2 N–H and O–H groups in total. The third-order valence-electron chi connectivity index (χ3n) is 2.88. The quantitative estimate of drug-likeness (QED) is 0.933. The molecule has 1 fully saturated rings.